The van der Waals surface area contributed by atoms with Gasteiger partial charge in [0.1, 0.15) is 0 Å². The maximum Gasteiger partial charge on any atom is 0.175 e. The van der Waals surface area contributed by atoms with E-state index >= 15 is 0 Å². The Morgan fingerprint density at radius 2 is 2.14 bits per heavy atom. The van der Waals surface area contributed by atoms with Crippen molar-refractivity contribution in [3.05, 3.63) is 0 Å². The lowest BCUT2D eigenvalue weighted by Crippen LogP contribution is -2.14. The molecule has 3 nitrogen and oxygen atoms in total. The van der Waals surface area contributed by atoms with Gasteiger partial charge in [-0.3, -0.25) is 0 Å². The average Bonchev–Trinajstić information content (AvgIpc) is 2.77. The maximum atomic E-state index is 9.64. The van der Waals surface area contributed by atoms with Crippen molar-refractivity contribution in [3.8, 4) is 0 Å². The fourth-order valence-electron chi connectivity index (χ4n) is 1.50. The van der Waals surface area contributed by atoms with Crippen molar-refractivity contribution in [1.29, 1.82) is 0 Å². The summed E-state index contributed by atoms with van der Waals surface area (Å²) >= 11 is 4.91. The van der Waals surface area contributed by atoms with E-state index in [0.717, 1.165) is 27.9 Å². The van der Waals surface area contributed by atoms with E-state index in [1.54, 1.807) is 34.9 Å². The highest BCUT2D eigenvalue weighted by molar-refractivity contribution is 8.03. The minimum atomic E-state index is -0.151. The van der Waals surface area contributed by atoms with Crippen LogP contribution in [0, 0.1) is 0 Å². The van der Waals surface area contributed by atoms with Crippen LogP contribution in [0.4, 0.5) is 0 Å². The van der Waals surface area contributed by atoms with Gasteiger partial charge in [0.2, 0.25) is 0 Å². The molecule has 0 aliphatic heterocycles. The van der Waals surface area contributed by atoms with Crippen LogP contribution in [0.5, 0.6) is 0 Å². The number of aromatic nitrogens is 2. The van der Waals surface area contributed by atoms with E-state index in [0.29, 0.717) is 5.25 Å². The zero-order chi connectivity index (χ0) is 9.97. The summed E-state index contributed by atoms with van der Waals surface area (Å²) in [5.74, 6) is 0. The first kappa shape index (κ1) is 10.7. The smallest absolute Gasteiger partial charge is 0.175 e. The topological polar surface area (TPSA) is 46.0 Å². The highest BCUT2D eigenvalue weighted by atomic mass is 32.2. The molecule has 0 bridgehead atoms. The first-order valence-electron chi connectivity index (χ1n) is 4.52. The molecular weight excluding hydrogens is 236 g/mol. The molecule has 0 aromatic carbocycles. The lowest BCUT2D eigenvalue weighted by molar-refractivity contribution is 0.188. The van der Waals surface area contributed by atoms with E-state index in [4.69, 9.17) is 0 Å². The van der Waals surface area contributed by atoms with Crippen molar-refractivity contribution in [3.63, 3.8) is 0 Å². The average molecular weight is 248 g/mol. The van der Waals surface area contributed by atoms with Crippen LogP contribution in [0.15, 0.2) is 8.68 Å². The molecule has 1 aromatic heterocycles. The van der Waals surface area contributed by atoms with Crippen molar-refractivity contribution in [2.75, 3.05) is 6.26 Å². The lowest BCUT2D eigenvalue weighted by atomic mass is 10.3. The third kappa shape index (κ3) is 2.42. The summed E-state index contributed by atoms with van der Waals surface area (Å²) in [7, 11) is 0. The van der Waals surface area contributed by atoms with Crippen molar-refractivity contribution < 1.29 is 5.11 Å². The normalized spacial score (nSPS) is 27.0. The number of aliphatic hydroxyl groups is 1. The Morgan fingerprint density at radius 1 is 1.36 bits per heavy atom. The summed E-state index contributed by atoms with van der Waals surface area (Å²) < 4.78 is 1.99. The Labute approximate surface area is 95.7 Å². The second kappa shape index (κ2) is 4.83. The van der Waals surface area contributed by atoms with Gasteiger partial charge >= 0.3 is 0 Å². The largest absolute Gasteiger partial charge is 0.392 e. The molecule has 0 radical (unpaired) electrons. The highest BCUT2D eigenvalue weighted by Gasteiger charge is 2.27. The molecule has 0 amide bonds. The monoisotopic (exact) mass is 248 g/mol. The summed E-state index contributed by atoms with van der Waals surface area (Å²) in [5.41, 5.74) is 0. The van der Waals surface area contributed by atoms with Gasteiger partial charge in [0.15, 0.2) is 8.68 Å². The van der Waals surface area contributed by atoms with Crippen molar-refractivity contribution >= 4 is 34.9 Å². The van der Waals surface area contributed by atoms with Crippen molar-refractivity contribution in [2.45, 2.75) is 39.3 Å². The molecule has 1 N–H and O–H groups in total. The molecule has 14 heavy (non-hydrogen) atoms. The molecule has 78 valence electrons. The van der Waals surface area contributed by atoms with E-state index in [2.05, 4.69) is 10.2 Å². The van der Waals surface area contributed by atoms with Crippen LogP contribution < -0.4 is 0 Å². The predicted molar refractivity (Wildman–Crippen MR) is 61.2 cm³/mol. The van der Waals surface area contributed by atoms with Crippen LogP contribution in [-0.2, 0) is 0 Å². The number of nitrogens with zero attached hydrogens (tertiary/aromatic N) is 2. The third-order valence-corrected chi connectivity index (χ3v) is 5.60. The van der Waals surface area contributed by atoms with Gasteiger partial charge in [-0.1, -0.05) is 34.9 Å². The number of hydrogen-bond donors (Lipinski definition) is 1. The molecule has 0 spiro atoms. The summed E-state index contributed by atoms with van der Waals surface area (Å²) in [5, 5.41) is 18.1. The van der Waals surface area contributed by atoms with Gasteiger partial charge in [-0.25, -0.2) is 0 Å². The second-order valence-corrected chi connectivity index (χ2v) is 6.71. The molecule has 6 heteroatoms. The van der Waals surface area contributed by atoms with E-state index < -0.39 is 0 Å². The van der Waals surface area contributed by atoms with Gasteiger partial charge < -0.3 is 5.11 Å². The summed E-state index contributed by atoms with van der Waals surface area (Å²) in [6, 6.07) is 0. The highest BCUT2D eigenvalue weighted by Crippen LogP contribution is 2.37. The molecular formula is C8H12N2OS3. The zero-order valence-electron chi connectivity index (χ0n) is 7.84. The molecule has 1 saturated carbocycles. The van der Waals surface area contributed by atoms with Gasteiger partial charge in [0.05, 0.1) is 6.10 Å². The van der Waals surface area contributed by atoms with Crippen molar-refractivity contribution in [2.24, 2.45) is 0 Å². The number of rotatable bonds is 3. The van der Waals surface area contributed by atoms with E-state index in [-0.39, 0.29) is 6.10 Å². The van der Waals surface area contributed by atoms with Gasteiger partial charge in [-0.05, 0) is 25.5 Å². The molecule has 0 saturated heterocycles. The van der Waals surface area contributed by atoms with Crippen LogP contribution in [-0.4, -0.2) is 32.9 Å². The molecule has 1 fully saturated rings. The standard InChI is InChI=1S/C8H12N2OS3/c1-12-7-9-10-8(14-7)13-6-4-2-3-5(6)11/h5-6,11H,2-4H2,1H3. The molecule has 1 heterocycles. The van der Waals surface area contributed by atoms with Gasteiger partial charge in [0.25, 0.3) is 0 Å². The van der Waals surface area contributed by atoms with Crippen LogP contribution in [0.3, 0.4) is 0 Å². The number of hydrogen-bond acceptors (Lipinski definition) is 6. The van der Waals surface area contributed by atoms with E-state index in [1.807, 2.05) is 6.26 Å². The zero-order valence-corrected chi connectivity index (χ0v) is 10.3. The summed E-state index contributed by atoms with van der Waals surface area (Å²) in [4.78, 5) is 0. The molecule has 2 unspecified atom stereocenters. The maximum absolute atomic E-state index is 9.64. The van der Waals surface area contributed by atoms with Crippen LogP contribution in [0.1, 0.15) is 19.3 Å². The fraction of sp³-hybridized carbons (Fsp3) is 0.750. The Balaban J connectivity index is 1.96. The quantitative estimate of drug-likeness (QED) is 0.831. The molecule has 1 aliphatic rings. The molecule has 2 rings (SSSR count). The lowest BCUT2D eigenvalue weighted by Gasteiger charge is -2.10. The van der Waals surface area contributed by atoms with Gasteiger partial charge in [0, 0.05) is 5.25 Å². The van der Waals surface area contributed by atoms with E-state index in [1.165, 1.54) is 0 Å². The minimum absolute atomic E-state index is 0.151. The Hall–Kier alpha value is 0.220. The molecule has 1 aliphatic carbocycles. The fourth-order valence-corrected chi connectivity index (χ4v) is 4.39. The Morgan fingerprint density at radius 3 is 2.71 bits per heavy atom. The Bertz CT molecular complexity index is 305. The first-order valence-corrected chi connectivity index (χ1v) is 7.44. The van der Waals surface area contributed by atoms with Crippen LogP contribution in [0.25, 0.3) is 0 Å². The van der Waals surface area contributed by atoms with Crippen molar-refractivity contribution in [1.82, 2.24) is 10.2 Å². The first-order chi connectivity index (χ1) is 6.79. The van der Waals surface area contributed by atoms with Crippen LogP contribution >= 0.6 is 34.9 Å². The second-order valence-electron chi connectivity index (χ2n) is 3.19. The van der Waals surface area contributed by atoms with Gasteiger partial charge in [-0.15, -0.1) is 10.2 Å². The molecule has 1 aromatic rings. The molecule has 2 atom stereocenters. The predicted octanol–water partition coefficient (Wildman–Crippen LogP) is 2.27. The van der Waals surface area contributed by atoms with Crippen LogP contribution in [0.2, 0.25) is 0 Å². The number of aliphatic hydroxyl groups excluding tert-OH is 1. The SMILES string of the molecule is CSc1nnc(SC2CCCC2O)s1. The summed E-state index contributed by atoms with van der Waals surface area (Å²) in [6.45, 7) is 0. The van der Waals surface area contributed by atoms with Gasteiger partial charge in [-0.2, -0.15) is 0 Å². The number of thioether (sulfide) groups is 2. The summed E-state index contributed by atoms with van der Waals surface area (Å²) in [6.07, 6.45) is 5.01. The van der Waals surface area contributed by atoms with E-state index in [9.17, 15) is 5.11 Å². The third-order valence-electron chi connectivity index (χ3n) is 2.23. The minimum Gasteiger partial charge on any atom is -0.392 e. The Kier molecular flexibility index (Phi) is 3.70.